The molecule has 1 saturated heterocycles. The Bertz CT molecular complexity index is 508. The molecule has 1 N–H and O–H groups in total. The first kappa shape index (κ1) is 14.8. The van der Waals surface area contributed by atoms with E-state index in [-0.39, 0.29) is 16.5 Å². The molecule has 0 saturated carbocycles. The smallest absolute Gasteiger partial charge is 0.347 e. The largest absolute Gasteiger partial charge is 0.477 e. The summed E-state index contributed by atoms with van der Waals surface area (Å²) in [5, 5.41) is 9.35. The van der Waals surface area contributed by atoms with E-state index in [2.05, 4.69) is 32.7 Å². The van der Waals surface area contributed by atoms with Crippen LogP contribution in [-0.4, -0.2) is 32.5 Å². The van der Waals surface area contributed by atoms with Gasteiger partial charge in [-0.05, 0) is 41.0 Å². The lowest BCUT2D eigenvalue weighted by molar-refractivity contribution is -0.0631. The molecule has 19 heavy (non-hydrogen) atoms. The molecule has 0 spiro atoms. The molecule has 6 heteroatoms. The summed E-state index contributed by atoms with van der Waals surface area (Å²) in [7, 11) is 0. The van der Waals surface area contributed by atoms with Gasteiger partial charge in [-0.15, -0.1) is 11.3 Å². The quantitative estimate of drug-likeness (QED) is 0.924. The Labute approximate surface area is 121 Å². The zero-order valence-corrected chi connectivity index (χ0v) is 13.4. The molecule has 1 aromatic heterocycles. The van der Waals surface area contributed by atoms with Gasteiger partial charge in [0.05, 0.1) is 16.9 Å². The second kappa shape index (κ2) is 4.75. The molecule has 4 nitrogen and oxygen atoms in total. The lowest BCUT2D eigenvalue weighted by Gasteiger charge is -2.26. The number of aromatic nitrogens is 1. The molecule has 0 aromatic carbocycles. The van der Waals surface area contributed by atoms with Gasteiger partial charge in [0.2, 0.25) is 0 Å². The van der Waals surface area contributed by atoms with E-state index in [9.17, 15) is 4.79 Å². The van der Waals surface area contributed by atoms with Crippen LogP contribution in [0.1, 0.15) is 49.5 Å². The van der Waals surface area contributed by atoms with Crippen LogP contribution in [0.2, 0.25) is 0 Å². The second-order valence-corrected chi connectivity index (χ2v) is 8.42. The van der Waals surface area contributed by atoms with E-state index >= 15 is 0 Å². The van der Waals surface area contributed by atoms with Crippen LogP contribution in [0.4, 0.5) is 0 Å². The molecule has 2 heterocycles. The lowest BCUT2D eigenvalue weighted by atomic mass is 10.0. The Morgan fingerprint density at radius 3 is 2.53 bits per heavy atom. The molecule has 1 atom stereocenters. The van der Waals surface area contributed by atoms with E-state index < -0.39 is 5.97 Å². The van der Waals surface area contributed by atoms with E-state index in [0.29, 0.717) is 10.6 Å². The minimum atomic E-state index is -0.899. The average Bonchev–Trinajstić information content (AvgIpc) is 2.64. The zero-order chi connectivity index (χ0) is 14.4. The van der Waals surface area contributed by atoms with E-state index in [4.69, 9.17) is 9.84 Å². The molecule has 106 valence electrons. The Morgan fingerprint density at radius 1 is 1.47 bits per heavy atom. The van der Waals surface area contributed by atoms with Crippen LogP contribution in [0.15, 0.2) is 4.34 Å². The van der Waals surface area contributed by atoms with Gasteiger partial charge in [-0.3, -0.25) is 0 Å². The highest BCUT2D eigenvalue weighted by Crippen LogP contribution is 2.46. The van der Waals surface area contributed by atoms with Crippen molar-refractivity contribution in [2.75, 3.05) is 0 Å². The molecular formula is C13H19NO3S2. The molecule has 2 rings (SSSR count). The fourth-order valence-electron chi connectivity index (χ4n) is 2.44. The van der Waals surface area contributed by atoms with Crippen LogP contribution in [0.25, 0.3) is 0 Å². The predicted molar refractivity (Wildman–Crippen MR) is 77.3 cm³/mol. The Balaban J connectivity index is 2.18. The number of carbonyl (C=O) groups is 1. The predicted octanol–water partition coefficient (Wildman–Crippen LogP) is 3.59. The molecule has 0 radical (unpaired) electrons. The number of rotatable bonds is 3. The number of hydrogen-bond acceptors (Lipinski definition) is 5. The van der Waals surface area contributed by atoms with Crippen molar-refractivity contribution in [2.45, 2.75) is 61.8 Å². The minimum absolute atomic E-state index is 0.136. The van der Waals surface area contributed by atoms with Crippen molar-refractivity contribution in [2.24, 2.45) is 0 Å². The fraction of sp³-hybridized carbons (Fsp3) is 0.692. The number of carboxylic acids is 1. The van der Waals surface area contributed by atoms with E-state index in [0.717, 1.165) is 10.8 Å². The topological polar surface area (TPSA) is 59.4 Å². The summed E-state index contributed by atoms with van der Waals surface area (Å²) < 4.78 is 6.86. The van der Waals surface area contributed by atoms with Gasteiger partial charge in [-0.1, -0.05) is 11.8 Å². The number of thiazole rings is 1. The summed E-state index contributed by atoms with van der Waals surface area (Å²) in [6, 6.07) is 0. The first-order chi connectivity index (χ1) is 8.61. The summed E-state index contributed by atoms with van der Waals surface area (Å²) in [5.74, 6) is -0.899. The molecule has 1 aliphatic heterocycles. The first-order valence-corrected chi connectivity index (χ1v) is 7.88. The Morgan fingerprint density at radius 2 is 2.11 bits per heavy atom. The Kier molecular flexibility index (Phi) is 3.70. The number of ether oxygens (including phenoxy) is 1. The molecule has 1 fully saturated rings. The number of thioether (sulfide) groups is 1. The summed E-state index contributed by atoms with van der Waals surface area (Å²) in [4.78, 5) is 15.7. The molecule has 0 amide bonds. The maximum Gasteiger partial charge on any atom is 0.347 e. The van der Waals surface area contributed by atoms with Crippen LogP contribution in [-0.2, 0) is 4.74 Å². The van der Waals surface area contributed by atoms with Crippen molar-refractivity contribution in [1.82, 2.24) is 4.98 Å². The van der Waals surface area contributed by atoms with Crippen molar-refractivity contribution in [3.8, 4) is 0 Å². The molecule has 1 aliphatic rings. The molecule has 1 unspecified atom stereocenters. The number of aryl methyl sites for hydroxylation is 1. The van der Waals surface area contributed by atoms with Crippen LogP contribution in [0.5, 0.6) is 0 Å². The van der Waals surface area contributed by atoms with Gasteiger partial charge in [0.25, 0.3) is 0 Å². The van der Waals surface area contributed by atoms with Gasteiger partial charge in [-0.25, -0.2) is 9.78 Å². The normalized spacial score (nSPS) is 24.6. The molecule has 0 aliphatic carbocycles. The highest BCUT2D eigenvalue weighted by molar-refractivity contribution is 8.01. The number of nitrogens with zero attached hydrogens (tertiary/aromatic N) is 1. The van der Waals surface area contributed by atoms with Crippen molar-refractivity contribution in [1.29, 1.82) is 0 Å². The molecular weight excluding hydrogens is 282 g/mol. The van der Waals surface area contributed by atoms with Crippen molar-refractivity contribution in [3.05, 3.63) is 10.6 Å². The standard InChI is InChI=1S/C13H19NO3S2/c1-7-9(10(15)16)19-11(14-7)18-8-6-12(2,3)17-13(8,4)5/h8H,6H2,1-5H3,(H,15,16). The Hall–Kier alpha value is -0.590. The van der Waals surface area contributed by atoms with Gasteiger partial charge < -0.3 is 9.84 Å². The van der Waals surface area contributed by atoms with Crippen LogP contribution in [0, 0.1) is 6.92 Å². The minimum Gasteiger partial charge on any atom is -0.477 e. The summed E-state index contributed by atoms with van der Waals surface area (Å²) in [6.07, 6.45) is 0.936. The third-order valence-corrected chi connectivity index (χ3v) is 6.00. The van der Waals surface area contributed by atoms with E-state index in [1.54, 1.807) is 18.7 Å². The van der Waals surface area contributed by atoms with Crippen molar-refractivity contribution < 1.29 is 14.6 Å². The van der Waals surface area contributed by atoms with Crippen molar-refractivity contribution >= 4 is 29.1 Å². The zero-order valence-electron chi connectivity index (χ0n) is 11.8. The SMILES string of the molecule is Cc1nc(SC2CC(C)(C)OC2(C)C)sc1C(=O)O. The van der Waals surface area contributed by atoms with Gasteiger partial charge in [0.15, 0.2) is 4.34 Å². The van der Waals surface area contributed by atoms with Gasteiger partial charge in [0, 0.05) is 5.25 Å². The van der Waals surface area contributed by atoms with Gasteiger partial charge in [0.1, 0.15) is 4.88 Å². The van der Waals surface area contributed by atoms with Gasteiger partial charge >= 0.3 is 5.97 Å². The van der Waals surface area contributed by atoms with Crippen LogP contribution < -0.4 is 0 Å². The average molecular weight is 301 g/mol. The van der Waals surface area contributed by atoms with Crippen LogP contribution in [0.3, 0.4) is 0 Å². The summed E-state index contributed by atoms with van der Waals surface area (Å²) in [5.41, 5.74) is 0.233. The summed E-state index contributed by atoms with van der Waals surface area (Å²) in [6.45, 7) is 10.1. The molecule has 0 bridgehead atoms. The van der Waals surface area contributed by atoms with Crippen molar-refractivity contribution in [3.63, 3.8) is 0 Å². The maximum absolute atomic E-state index is 11.0. The third-order valence-electron chi connectivity index (χ3n) is 3.21. The fourth-order valence-corrected chi connectivity index (χ4v) is 5.12. The number of aromatic carboxylic acids is 1. The highest BCUT2D eigenvalue weighted by atomic mass is 32.2. The second-order valence-electron chi connectivity index (χ2n) is 5.98. The van der Waals surface area contributed by atoms with E-state index in [1.807, 2.05) is 0 Å². The maximum atomic E-state index is 11.0. The van der Waals surface area contributed by atoms with Gasteiger partial charge in [-0.2, -0.15) is 0 Å². The van der Waals surface area contributed by atoms with E-state index in [1.165, 1.54) is 11.3 Å². The lowest BCUT2D eigenvalue weighted by Crippen LogP contribution is -2.30. The monoisotopic (exact) mass is 301 g/mol. The number of carboxylic acid groups (broad SMARTS) is 1. The first-order valence-electron chi connectivity index (χ1n) is 6.18. The third kappa shape index (κ3) is 3.12. The highest BCUT2D eigenvalue weighted by Gasteiger charge is 2.46. The summed E-state index contributed by atoms with van der Waals surface area (Å²) >= 11 is 2.88. The van der Waals surface area contributed by atoms with Crippen LogP contribution >= 0.6 is 23.1 Å². The number of hydrogen-bond donors (Lipinski definition) is 1. The molecule has 1 aromatic rings.